The van der Waals surface area contributed by atoms with E-state index < -0.39 is 5.97 Å². The van der Waals surface area contributed by atoms with Crippen LogP contribution in [0.2, 0.25) is 10.0 Å². The van der Waals surface area contributed by atoms with E-state index in [1.165, 1.54) is 10.9 Å². The number of ether oxygens (including phenoxy) is 1. The normalized spacial score (nSPS) is 10.4. The summed E-state index contributed by atoms with van der Waals surface area (Å²) in [5.41, 5.74) is -0.106. The van der Waals surface area contributed by atoms with E-state index in [0.717, 1.165) is 0 Å². The molecule has 2 aromatic rings. The molecule has 0 bridgehead atoms. The molecule has 1 N–H and O–H groups in total. The molecule has 0 fully saturated rings. The van der Waals surface area contributed by atoms with Gasteiger partial charge in [0.2, 0.25) is 0 Å². The summed E-state index contributed by atoms with van der Waals surface area (Å²) in [6.07, 6.45) is 1.33. The van der Waals surface area contributed by atoms with Crippen LogP contribution in [0.5, 0.6) is 5.75 Å². The number of aromatic carboxylic acids is 1. The minimum absolute atomic E-state index is 0.106. The molecular formula is C11H9Cl2N3O3. The van der Waals surface area contributed by atoms with Gasteiger partial charge in [-0.15, -0.1) is 5.10 Å². The first-order valence-electron chi connectivity index (χ1n) is 5.27. The molecule has 0 atom stereocenters. The van der Waals surface area contributed by atoms with Gasteiger partial charge in [0.05, 0.1) is 12.7 Å². The molecular weight excluding hydrogens is 293 g/mol. The van der Waals surface area contributed by atoms with Crippen molar-refractivity contribution >= 4 is 29.2 Å². The third-order valence-corrected chi connectivity index (χ3v) is 2.62. The van der Waals surface area contributed by atoms with Crippen molar-refractivity contribution in [3.63, 3.8) is 0 Å². The molecule has 0 unspecified atom stereocenters. The van der Waals surface area contributed by atoms with Crippen LogP contribution < -0.4 is 4.74 Å². The van der Waals surface area contributed by atoms with Crippen molar-refractivity contribution in [2.45, 2.75) is 6.54 Å². The van der Waals surface area contributed by atoms with Crippen molar-refractivity contribution < 1.29 is 14.6 Å². The van der Waals surface area contributed by atoms with E-state index in [0.29, 0.717) is 28.9 Å². The van der Waals surface area contributed by atoms with Crippen LogP contribution >= 0.6 is 23.2 Å². The molecule has 0 aliphatic heterocycles. The first kappa shape index (κ1) is 13.6. The fourth-order valence-electron chi connectivity index (χ4n) is 1.37. The monoisotopic (exact) mass is 301 g/mol. The Balaban J connectivity index is 1.90. The van der Waals surface area contributed by atoms with Crippen LogP contribution in [-0.2, 0) is 6.54 Å². The molecule has 0 aliphatic rings. The van der Waals surface area contributed by atoms with Gasteiger partial charge in [0.1, 0.15) is 12.4 Å². The average Bonchev–Trinajstić information content (AvgIpc) is 2.76. The van der Waals surface area contributed by atoms with E-state index in [9.17, 15) is 4.79 Å². The highest BCUT2D eigenvalue weighted by Gasteiger charge is 2.08. The minimum Gasteiger partial charge on any atom is -0.492 e. The molecule has 1 heterocycles. The van der Waals surface area contributed by atoms with Gasteiger partial charge in [-0.05, 0) is 18.2 Å². The van der Waals surface area contributed by atoms with Crippen LogP contribution in [-0.4, -0.2) is 32.7 Å². The number of hydrogen-bond acceptors (Lipinski definition) is 4. The molecule has 1 aromatic carbocycles. The number of nitrogens with zero attached hydrogens (tertiary/aromatic N) is 3. The second-order valence-corrected chi connectivity index (χ2v) is 4.50. The molecule has 0 saturated carbocycles. The number of carbonyl (C=O) groups is 1. The highest BCUT2D eigenvalue weighted by Crippen LogP contribution is 2.24. The number of rotatable bonds is 5. The van der Waals surface area contributed by atoms with E-state index in [2.05, 4.69) is 10.3 Å². The molecule has 0 saturated heterocycles. The number of benzene rings is 1. The van der Waals surface area contributed by atoms with Gasteiger partial charge in [0, 0.05) is 10.0 Å². The third kappa shape index (κ3) is 3.84. The zero-order valence-corrected chi connectivity index (χ0v) is 11.1. The summed E-state index contributed by atoms with van der Waals surface area (Å²) >= 11 is 11.7. The maximum atomic E-state index is 10.6. The maximum Gasteiger partial charge on any atom is 0.358 e. The van der Waals surface area contributed by atoms with Gasteiger partial charge in [-0.3, -0.25) is 0 Å². The summed E-state index contributed by atoms with van der Waals surface area (Å²) in [4.78, 5) is 10.6. The SMILES string of the molecule is O=C(O)c1cn(CCOc2cc(Cl)cc(Cl)c2)nn1. The summed E-state index contributed by atoms with van der Waals surface area (Å²) in [6, 6.07) is 4.88. The third-order valence-electron chi connectivity index (χ3n) is 2.18. The van der Waals surface area contributed by atoms with Gasteiger partial charge in [0.15, 0.2) is 5.69 Å². The number of carboxylic acids is 1. The Morgan fingerprint density at radius 3 is 2.58 bits per heavy atom. The Bertz CT molecular complexity index is 580. The Hall–Kier alpha value is -1.79. The van der Waals surface area contributed by atoms with E-state index in [1.54, 1.807) is 18.2 Å². The van der Waals surface area contributed by atoms with Gasteiger partial charge >= 0.3 is 5.97 Å². The fraction of sp³-hybridized carbons (Fsp3) is 0.182. The summed E-state index contributed by atoms with van der Waals surface area (Å²) in [5, 5.41) is 16.8. The van der Waals surface area contributed by atoms with Crippen molar-refractivity contribution in [3.8, 4) is 5.75 Å². The number of aromatic nitrogens is 3. The highest BCUT2D eigenvalue weighted by atomic mass is 35.5. The summed E-state index contributed by atoms with van der Waals surface area (Å²) in [5.74, 6) is -0.579. The Morgan fingerprint density at radius 1 is 1.32 bits per heavy atom. The number of hydrogen-bond donors (Lipinski definition) is 1. The Labute approximate surface area is 118 Å². The van der Waals surface area contributed by atoms with Crippen LogP contribution in [0, 0.1) is 0 Å². The molecule has 2 rings (SSSR count). The fourth-order valence-corrected chi connectivity index (χ4v) is 1.88. The minimum atomic E-state index is -1.12. The molecule has 0 aliphatic carbocycles. The predicted molar refractivity (Wildman–Crippen MR) is 68.9 cm³/mol. The lowest BCUT2D eigenvalue weighted by molar-refractivity contribution is 0.0690. The van der Waals surface area contributed by atoms with Crippen molar-refractivity contribution in [3.05, 3.63) is 40.1 Å². The topological polar surface area (TPSA) is 77.2 Å². The van der Waals surface area contributed by atoms with E-state index in [4.69, 9.17) is 33.0 Å². The lowest BCUT2D eigenvalue weighted by Gasteiger charge is -2.06. The summed E-state index contributed by atoms with van der Waals surface area (Å²) in [7, 11) is 0. The smallest absolute Gasteiger partial charge is 0.358 e. The second kappa shape index (κ2) is 5.90. The lowest BCUT2D eigenvalue weighted by atomic mass is 10.3. The summed E-state index contributed by atoms with van der Waals surface area (Å²) < 4.78 is 6.82. The van der Waals surface area contributed by atoms with Crippen LogP contribution in [0.15, 0.2) is 24.4 Å². The zero-order valence-electron chi connectivity index (χ0n) is 9.58. The van der Waals surface area contributed by atoms with Gasteiger partial charge in [-0.25, -0.2) is 9.48 Å². The molecule has 0 radical (unpaired) electrons. The van der Waals surface area contributed by atoms with Gasteiger partial charge < -0.3 is 9.84 Å². The van der Waals surface area contributed by atoms with Crippen molar-refractivity contribution in [2.75, 3.05) is 6.61 Å². The molecule has 8 heteroatoms. The molecule has 1 aromatic heterocycles. The largest absolute Gasteiger partial charge is 0.492 e. The zero-order chi connectivity index (χ0) is 13.8. The van der Waals surface area contributed by atoms with E-state index in [1.807, 2.05) is 0 Å². The Morgan fingerprint density at radius 2 is 2.00 bits per heavy atom. The maximum absolute atomic E-state index is 10.6. The van der Waals surface area contributed by atoms with E-state index >= 15 is 0 Å². The molecule has 0 amide bonds. The van der Waals surface area contributed by atoms with Crippen molar-refractivity contribution in [1.82, 2.24) is 15.0 Å². The van der Waals surface area contributed by atoms with Crippen LogP contribution in [0.4, 0.5) is 0 Å². The predicted octanol–water partition coefficient (Wildman–Crippen LogP) is 2.36. The quantitative estimate of drug-likeness (QED) is 0.917. The van der Waals surface area contributed by atoms with Gasteiger partial charge in [-0.2, -0.15) is 0 Å². The molecule has 6 nitrogen and oxygen atoms in total. The van der Waals surface area contributed by atoms with Crippen LogP contribution in [0.1, 0.15) is 10.5 Å². The van der Waals surface area contributed by atoms with Crippen LogP contribution in [0.3, 0.4) is 0 Å². The second-order valence-electron chi connectivity index (χ2n) is 3.63. The summed E-state index contributed by atoms with van der Waals surface area (Å²) in [6.45, 7) is 0.656. The molecule has 0 spiro atoms. The lowest BCUT2D eigenvalue weighted by Crippen LogP contribution is -2.08. The van der Waals surface area contributed by atoms with Crippen LogP contribution in [0.25, 0.3) is 0 Å². The number of halogens is 2. The van der Waals surface area contributed by atoms with Crippen molar-refractivity contribution in [2.24, 2.45) is 0 Å². The highest BCUT2D eigenvalue weighted by molar-refractivity contribution is 6.34. The van der Waals surface area contributed by atoms with Gasteiger partial charge in [-0.1, -0.05) is 28.4 Å². The first-order valence-corrected chi connectivity index (χ1v) is 6.02. The van der Waals surface area contributed by atoms with Crippen molar-refractivity contribution in [1.29, 1.82) is 0 Å². The molecule has 100 valence electrons. The average molecular weight is 302 g/mol. The standard InChI is InChI=1S/C11H9Cl2N3O3/c12-7-3-8(13)5-9(4-7)19-2-1-16-6-10(11(17)18)14-15-16/h3-6H,1-2H2,(H,17,18). The molecule has 19 heavy (non-hydrogen) atoms. The van der Waals surface area contributed by atoms with Gasteiger partial charge in [0.25, 0.3) is 0 Å². The first-order chi connectivity index (χ1) is 9.04. The van der Waals surface area contributed by atoms with E-state index in [-0.39, 0.29) is 5.69 Å². The number of carboxylic acid groups (broad SMARTS) is 1. The Kier molecular flexibility index (Phi) is 4.24.